The third-order valence-electron chi connectivity index (χ3n) is 5.77. The highest BCUT2D eigenvalue weighted by molar-refractivity contribution is 6.05. The van der Waals surface area contributed by atoms with Gasteiger partial charge in [-0.05, 0) is 48.1 Å². The Labute approximate surface area is 162 Å². The van der Waals surface area contributed by atoms with Crippen LogP contribution in [0.4, 0.5) is 0 Å². The Morgan fingerprint density at radius 3 is 2.75 bits per heavy atom. The summed E-state index contributed by atoms with van der Waals surface area (Å²) in [5.41, 5.74) is 4.78. The van der Waals surface area contributed by atoms with Crippen molar-refractivity contribution in [2.45, 2.75) is 38.3 Å². The van der Waals surface area contributed by atoms with Gasteiger partial charge < -0.3 is 9.64 Å². The van der Waals surface area contributed by atoms with Gasteiger partial charge in [0.2, 0.25) is 11.8 Å². The van der Waals surface area contributed by atoms with Crippen LogP contribution in [0.15, 0.2) is 36.4 Å². The highest BCUT2D eigenvalue weighted by Crippen LogP contribution is 2.38. The average molecular weight is 376 g/mol. The Kier molecular flexibility index (Phi) is 3.93. The summed E-state index contributed by atoms with van der Waals surface area (Å²) in [7, 11) is 0. The lowest BCUT2D eigenvalue weighted by molar-refractivity contribution is -0.136. The summed E-state index contributed by atoms with van der Waals surface area (Å²) in [5.74, 6) is 0.118. The molecule has 0 spiro atoms. The number of fused-ring (bicyclic) bond motifs is 2. The molecule has 0 aliphatic carbocycles. The number of rotatable bonds is 2. The van der Waals surface area contributed by atoms with Crippen LogP contribution >= 0.6 is 0 Å². The number of benzene rings is 2. The molecule has 2 aromatic carbocycles. The number of carbonyl (C=O) groups is 3. The van der Waals surface area contributed by atoms with E-state index in [0.717, 1.165) is 41.9 Å². The van der Waals surface area contributed by atoms with Crippen molar-refractivity contribution in [1.82, 2.24) is 10.2 Å². The lowest BCUT2D eigenvalue weighted by atomic mass is 9.95. The van der Waals surface area contributed by atoms with Crippen molar-refractivity contribution in [2.75, 3.05) is 6.61 Å². The lowest BCUT2D eigenvalue weighted by Crippen LogP contribution is -2.52. The Balaban J connectivity index is 1.47. The summed E-state index contributed by atoms with van der Waals surface area (Å²) in [6.07, 6.45) is 2.67. The topological polar surface area (TPSA) is 75.7 Å². The van der Waals surface area contributed by atoms with Crippen molar-refractivity contribution < 1.29 is 19.1 Å². The van der Waals surface area contributed by atoms with E-state index in [9.17, 15) is 14.4 Å². The van der Waals surface area contributed by atoms with Crippen LogP contribution in [-0.4, -0.2) is 35.3 Å². The minimum Gasteiger partial charge on any atom is -0.493 e. The first kappa shape index (κ1) is 17.0. The van der Waals surface area contributed by atoms with Crippen LogP contribution in [0, 0.1) is 0 Å². The van der Waals surface area contributed by atoms with E-state index in [4.69, 9.17) is 4.74 Å². The molecule has 6 nitrogen and oxygen atoms in total. The molecular formula is C22H20N2O4. The Morgan fingerprint density at radius 1 is 1.00 bits per heavy atom. The molecule has 0 bridgehead atoms. The molecule has 1 fully saturated rings. The van der Waals surface area contributed by atoms with Gasteiger partial charge in [0.05, 0.1) is 6.61 Å². The van der Waals surface area contributed by atoms with Crippen molar-refractivity contribution in [2.24, 2.45) is 0 Å². The molecule has 3 heterocycles. The molecule has 2 aromatic rings. The van der Waals surface area contributed by atoms with Gasteiger partial charge in [-0.2, -0.15) is 0 Å². The average Bonchev–Trinajstić information content (AvgIpc) is 3.03. The number of nitrogens with one attached hydrogen (secondary N) is 1. The second-order valence-corrected chi connectivity index (χ2v) is 7.52. The molecule has 28 heavy (non-hydrogen) atoms. The van der Waals surface area contributed by atoms with Gasteiger partial charge in [-0.25, -0.2) is 0 Å². The molecule has 1 unspecified atom stereocenters. The molecule has 6 heteroatoms. The fraction of sp³-hybridized carbons (Fsp3) is 0.318. The number of carbonyl (C=O) groups excluding carboxylic acids is 3. The number of imide groups is 1. The maximum atomic E-state index is 12.8. The first-order chi connectivity index (χ1) is 13.6. The van der Waals surface area contributed by atoms with Crippen molar-refractivity contribution >= 4 is 17.7 Å². The standard InChI is InChI=1S/C22H20N2O4/c25-19-9-8-18(21(26)23-19)24-12-15-11-14(6-7-17(15)22(24)27)16-5-1-3-13-4-2-10-28-20(13)16/h1,3,5-7,11,18H,2,4,8-10,12H2,(H,23,25,26). The fourth-order valence-electron chi connectivity index (χ4n) is 4.36. The number of aryl methyl sites for hydroxylation is 1. The second-order valence-electron chi connectivity index (χ2n) is 7.52. The second kappa shape index (κ2) is 6.48. The van der Waals surface area contributed by atoms with E-state index >= 15 is 0 Å². The molecule has 3 amide bonds. The van der Waals surface area contributed by atoms with Crippen molar-refractivity contribution in [3.05, 3.63) is 53.1 Å². The quantitative estimate of drug-likeness (QED) is 0.817. The van der Waals surface area contributed by atoms with Gasteiger partial charge in [-0.1, -0.05) is 24.3 Å². The largest absolute Gasteiger partial charge is 0.493 e. The molecular weight excluding hydrogens is 356 g/mol. The van der Waals surface area contributed by atoms with E-state index in [0.29, 0.717) is 18.5 Å². The van der Waals surface area contributed by atoms with Crippen LogP contribution in [0.1, 0.15) is 40.7 Å². The summed E-state index contributed by atoms with van der Waals surface area (Å²) in [4.78, 5) is 38.0. The summed E-state index contributed by atoms with van der Waals surface area (Å²) >= 11 is 0. The van der Waals surface area contributed by atoms with Gasteiger partial charge in [0.15, 0.2) is 0 Å². The van der Waals surface area contributed by atoms with Crippen molar-refractivity contribution in [1.29, 1.82) is 0 Å². The van der Waals surface area contributed by atoms with Gasteiger partial charge in [-0.3, -0.25) is 19.7 Å². The van der Waals surface area contributed by atoms with E-state index < -0.39 is 6.04 Å². The molecule has 0 aromatic heterocycles. The maximum absolute atomic E-state index is 12.8. The van der Waals surface area contributed by atoms with Crippen molar-refractivity contribution in [3.8, 4) is 16.9 Å². The minimum atomic E-state index is -0.589. The normalized spacial score (nSPS) is 21.1. The highest BCUT2D eigenvalue weighted by atomic mass is 16.5. The number of piperidine rings is 1. The third kappa shape index (κ3) is 2.68. The van der Waals surface area contributed by atoms with Crippen LogP contribution in [0.5, 0.6) is 5.75 Å². The summed E-state index contributed by atoms with van der Waals surface area (Å²) in [6.45, 7) is 1.10. The minimum absolute atomic E-state index is 0.151. The van der Waals surface area contributed by atoms with Gasteiger partial charge >= 0.3 is 0 Å². The molecule has 1 atom stereocenters. The zero-order valence-electron chi connectivity index (χ0n) is 15.4. The molecule has 0 saturated carbocycles. The predicted molar refractivity (Wildman–Crippen MR) is 102 cm³/mol. The number of hydrogen-bond donors (Lipinski definition) is 1. The number of nitrogens with zero attached hydrogens (tertiary/aromatic N) is 1. The maximum Gasteiger partial charge on any atom is 0.255 e. The van der Waals surface area contributed by atoms with E-state index in [1.54, 1.807) is 4.90 Å². The van der Waals surface area contributed by atoms with E-state index in [2.05, 4.69) is 11.4 Å². The van der Waals surface area contributed by atoms with Crippen LogP contribution in [0.3, 0.4) is 0 Å². The highest BCUT2D eigenvalue weighted by Gasteiger charge is 2.39. The van der Waals surface area contributed by atoms with E-state index in [1.807, 2.05) is 30.3 Å². The first-order valence-electron chi connectivity index (χ1n) is 9.64. The third-order valence-corrected chi connectivity index (χ3v) is 5.77. The molecule has 142 valence electrons. The summed E-state index contributed by atoms with van der Waals surface area (Å²) in [6, 6.07) is 11.4. The molecule has 0 radical (unpaired) electrons. The van der Waals surface area contributed by atoms with E-state index in [-0.39, 0.29) is 24.1 Å². The number of amides is 3. The molecule has 3 aliphatic rings. The molecule has 5 rings (SSSR count). The van der Waals surface area contributed by atoms with Gasteiger partial charge in [0.25, 0.3) is 5.91 Å². The number of para-hydroxylation sites is 1. The number of ether oxygens (including phenoxy) is 1. The zero-order valence-corrected chi connectivity index (χ0v) is 15.4. The first-order valence-corrected chi connectivity index (χ1v) is 9.64. The Bertz CT molecular complexity index is 1010. The monoisotopic (exact) mass is 376 g/mol. The molecule has 1 saturated heterocycles. The predicted octanol–water partition coefficient (Wildman–Crippen LogP) is 2.44. The summed E-state index contributed by atoms with van der Waals surface area (Å²) in [5, 5.41) is 2.34. The smallest absolute Gasteiger partial charge is 0.255 e. The van der Waals surface area contributed by atoms with Crippen molar-refractivity contribution in [3.63, 3.8) is 0 Å². The fourth-order valence-corrected chi connectivity index (χ4v) is 4.36. The van der Waals surface area contributed by atoms with Crippen LogP contribution in [-0.2, 0) is 22.6 Å². The zero-order chi connectivity index (χ0) is 19.3. The lowest BCUT2D eigenvalue weighted by Gasteiger charge is -2.29. The van der Waals surface area contributed by atoms with Gasteiger partial charge in [0.1, 0.15) is 11.8 Å². The number of hydrogen-bond acceptors (Lipinski definition) is 4. The van der Waals surface area contributed by atoms with E-state index in [1.165, 1.54) is 5.56 Å². The summed E-state index contributed by atoms with van der Waals surface area (Å²) < 4.78 is 5.93. The SMILES string of the molecule is O=C1CCC(N2Cc3cc(-c4cccc5c4OCCC5)ccc3C2=O)C(=O)N1. The molecule has 3 aliphatic heterocycles. The molecule has 1 N–H and O–H groups in total. The Hall–Kier alpha value is -3.15. The van der Waals surface area contributed by atoms with Crippen LogP contribution < -0.4 is 10.1 Å². The van der Waals surface area contributed by atoms with Gasteiger partial charge in [-0.15, -0.1) is 0 Å². The van der Waals surface area contributed by atoms with Crippen LogP contribution in [0.2, 0.25) is 0 Å². The Morgan fingerprint density at radius 2 is 1.89 bits per heavy atom. The van der Waals surface area contributed by atoms with Gasteiger partial charge in [0, 0.05) is 24.1 Å². The van der Waals surface area contributed by atoms with Crippen LogP contribution in [0.25, 0.3) is 11.1 Å².